The fraction of sp³-hybridized carbons (Fsp3) is 0.172. The minimum Gasteiger partial charge on any atom is -0.459 e. The van der Waals surface area contributed by atoms with Crippen molar-refractivity contribution in [2.75, 3.05) is 9.80 Å². The Morgan fingerprint density at radius 2 is 0.577 bits per heavy atom. The lowest BCUT2D eigenvalue weighted by Gasteiger charge is -2.47. The third kappa shape index (κ3) is 13.1. The number of rotatable bonds is 10. The Labute approximate surface area is 726 Å². The van der Waals surface area contributed by atoms with Gasteiger partial charge in [0.05, 0.1) is 28.1 Å². The first kappa shape index (κ1) is 77.0. The topological polar surface area (TPSA) is 29.9 Å². The molecule has 0 fully saturated rings. The van der Waals surface area contributed by atoms with Crippen LogP contribution in [0.3, 0.4) is 0 Å². The van der Waals surface area contributed by atoms with Gasteiger partial charge in [-0.3, -0.25) is 0 Å². The first-order chi connectivity index (χ1) is 59.1. The van der Waals surface area contributed by atoms with Crippen molar-refractivity contribution in [3.05, 3.63) is 368 Å². The number of hydrogen-bond donors (Lipinski definition) is 0. The molecule has 0 saturated heterocycles. The largest absolute Gasteiger partial charge is 0.459 e. The first-order valence-electron chi connectivity index (χ1n) is 43.8. The second kappa shape index (κ2) is 28.6. The second-order valence-electron chi connectivity index (χ2n) is 39.7. The normalized spacial score (nSPS) is 13.4. The number of ether oxygens (including phenoxy) is 2. The molecule has 0 N–H and O–H groups in total. The van der Waals surface area contributed by atoms with Gasteiger partial charge in [0, 0.05) is 56.2 Å². The second-order valence-corrected chi connectivity index (χ2v) is 39.7. The summed E-state index contributed by atoms with van der Waals surface area (Å²) in [5.41, 5.74) is 37.2. The van der Waals surface area contributed by atoms with Crippen LogP contribution in [0.25, 0.3) is 105 Å². The van der Waals surface area contributed by atoms with E-state index in [0.717, 1.165) is 179 Å². The van der Waals surface area contributed by atoms with Crippen molar-refractivity contribution in [3.8, 4) is 107 Å². The van der Waals surface area contributed by atoms with Gasteiger partial charge in [0.15, 0.2) is 0 Å². The maximum absolute atomic E-state index is 8.52. The third-order valence-electron chi connectivity index (χ3n) is 26.4. The highest BCUT2D eigenvalue weighted by molar-refractivity contribution is 7.03. The van der Waals surface area contributed by atoms with Gasteiger partial charge in [0.25, 0.3) is 13.4 Å². The van der Waals surface area contributed by atoms with Crippen LogP contribution >= 0.6 is 0 Å². The lowest BCUT2D eigenvalue weighted by Crippen LogP contribution is -2.65. The van der Waals surface area contributed by atoms with Gasteiger partial charge < -0.3 is 23.8 Å². The van der Waals surface area contributed by atoms with Crippen molar-refractivity contribution in [2.45, 2.75) is 131 Å². The lowest BCUT2D eigenvalue weighted by molar-refractivity contribution is 0.466. The fourth-order valence-corrected chi connectivity index (χ4v) is 19.6. The number of aromatic nitrogens is 1. The van der Waals surface area contributed by atoms with Crippen molar-refractivity contribution < 1.29 is 9.47 Å². The van der Waals surface area contributed by atoms with E-state index in [9.17, 15) is 0 Å². The Hall–Kier alpha value is -13.4. The number of hydrogen-bond acceptors (Lipinski definition) is 4. The van der Waals surface area contributed by atoms with E-state index < -0.39 is 13.4 Å². The Bertz CT molecular complexity index is 7010. The highest BCUT2D eigenvalue weighted by Crippen LogP contribution is 2.55. The van der Waals surface area contributed by atoms with Gasteiger partial charge in [-0.05, 0) is 216 Å². The van der Waals surface area contributed by atoms with Crippen LogP contribution in [-0.4, -0.2) is 18.0 Å². The third-order valence-corrected chi connectivity index (χ3v) is 26.4. The monoisotopic (exact) mass is 1590 g/mol. The van der Waals surface area contributed by atoms with E-state index >= 15 is 0 Å². The molecule has 4 aliphatic rings. The van der Waals surface area contributed by atoms with Crippen LogP contribution in [0.15, 0.2) is 340 Å². The summed E-state index contributed by atoms with van der Waals surface area (Å²) in [5, 5.41) is 2.42. The lowest BCUT2D eigenvalue weighted by atomic mass is 9.30. The van der Waals surface area contributed by atoms with E-state index in [2.05, 4.69) is 458 Å². The maximum Gasteiger partial charge on any atom is 0.260 e. The average molecular weight is 1590 g/mol. The molecule has 0 aliphatic carbocycles. The quantitative estimate of drug-likeness (QED) is 0.128. The van der Waals surface area contributed by atoms with Gasteiger partial charge in [0.1, 0.15) is 23.0 Å². The number of fused-ring (bicyclic) bond motifs is 12. The van der Waals surface area contributed by atoms with E-state index in [4.69, 9.17) is 9.47 Å². The molecule has 0 unspecified atom stereocenters. The molecule has 0 saturated carbocycles. The van der Waals surface area contributed by atoms with E-state index in [0.29, 0.717) is 0 Å². The van der Waals surface area contributed by atoms with Crippen molar-refractivity contribution in [1.82, 2.24) is 4.57 Å². The summed E-state index contributed by atoms with van der Waals surface area (Å²) < 4.78 is 19.5. The van der Waals surface area contributed by atoms with Gasteiger partial charge in [-0.25, -0.2) is 0 Å². The maximum atomic E-state index is 8.52. The van der Waals surface area contributed by atoms with Crippen LogP contribution in [0.5, 0.6) is 23.0 Å². The molecule has 0 bridgehead atoms. The summed E-state index contributed by atoms with van der Waals surface area (Å²) in [6.07, 6.45) is 0. The van der Waals surface area contributed by atoms with Crippen LogP contribution < -0.4 is 52.1 Å². The summed E-state index contributed by atoms with van der Waals surface area (Å²) in [4.78, 5) is 5.30. The molecular formula is C116H101B2N3O2. The predicted octanol–water partition coefficient (Wildman–Crippen LogP) is 27.8. The van der Waals surface area contributed by atoms with E-state index in [-0.39, 0.29) is 27.1 Å². The molecule has 123 heavy (non-hydrogen) atoms. The highest BCUT2D eigenvalue weighted by atomic mass is 16.5. The smallest absolute Gasteiger partial charge is 0.260 e. The molecule has 0 spiro atoms. The van der Waals surface area contributed by atoms with E-state index in [1.807, 2.05) is 0 Å². The predicted molar refractivity (Wildman–Crippen MR) is 524 cm³/mol. The van der Waals surface area contributed by atoms with E-state index in [1.54, 1.807) is 0 Å². The Kier molecular flexibility index (Phi) is 17.9. The highest BCUT2D eigenvalue weighted by Gasteiger charge is 2.52. The Morgan fingerprint density at radius 3 is 1.03 bits per heavy atom. The summed E-state index contributed by atoms with van der Waals surface area (Å²) in [7, 11) is 0. The van der Waals surface area contributed by atoms with E-state index in [1.165, 1.54) is 44.1 Å². The standard InChI is InChI=1S/C116H101B2N3O2/c1-112(2,3)84-50-56-96-91(67-84)92-68-85(113(4,5)6)51-57-97(92)119(96)104-64-83(75-40-28-19-29-41-75)60-95-110(104)123-106-71-103-108(111-109(106)117(95)94-55-49-81(65-105(94)122-111)82-58-86(114(7,8)9)66-87(59-82)115(10,11)12)118-93-54-48-80(74-38-26-18-27-39-74)63-100(93)120(98-61-78(72-34-22-16-23-35-72)46-52-89(98)76-42-30-20-31-43-76)101-69-88(116(13,14)15)70-102(107(101)118)121(103)99-62-79(73-36-24-17-25-37-73)47-53-90(99)77-44-32-21-33-45-77/h16-71H,1-15H3. The molecule has 17 aromatic rings. The van der Waals surface area contributed by atoms with Crippen molar-refractivity contribution in [2.24, 2.45) is 0 Å². The zero-order valence-corrected chi connectivity index (χ0v) is 73.1. The Balaban J connectivity index is 0.933. The molecule has 0 atom stereocenters. The molecule has 16 aromatic carbocycles. The van der Waals surface area contributed by atoms with Gasteiger partial charge >= 0.3 is 0 Å². The summed E-state index contributed by atoms with van der Waals surface area (Å²) in [6, 6.07) is 129. The molecule has 4 aliphatic heterocycles. The minimum atomic E-state index is -0.439. The Morgan fingerprint density at radius 1 is 0.211 bits per heavy atom. The van der Waals surface area contributed by atoms with Gasteiger partial charge in [-0.2, -0.15) is 0 Å². The van der Waals surface area contributed by atoms with Crippen LogP contribution in [0, 0.1) is 0 Å². The zero-order valence-electron chi connectivity index (χ0n) is 73.1. The summed E-state index contributed by atoms with van der Waals surface area (Å²) in [5.74, 6) is 3.15. The molecule has 5 nitrogen and oxygen atoms in total. The van der Waals surface area contributed by atoms with Crippen molar-refractivity contribution in [3.63, 3.8) is 0 Å². The number of nitrogens with zero attached hydrogens (tertiary/aromatic N) is 3. The SMILES string of the molecule is CC(C)(C)c1cc(-c2ccc3c(c2)Oc2c4c(cc5c2B2c6ccc(-c7ccccc7)cc6N(c6cc(-c7ccccc7)ccc6-c6ccccc6)c6cc(C(C)(C)C)cc(c62)N5c2cc(-c5ccccc5)ccc2-c2ccccc2)Oc2c(cc(-c5ccccc5)cc2-n2c5ccc(C(C)(C)C)cc5c5cc(C(C)(C)C)ccc52)B34)cc(C(C)(C)C)c1. The number of anilines is 6. The van der Waals surface area contributed by atoms with Crippen LogP contribution in [0.1, 0.15) is 132 Å². The first-order valence-corrected chi connectivity index (χ1v) is 43.8. The zero-order chi connectivity index (χ0) is 84.5. The molecule has 7 heteroatoms. The molecule has 21 rings (SSSR count). The molecule has 598 valence electrons. The van der Waals surface area contributed by atoms with Crippen LogP contribution in [0.2, 0.25) is 0 Å². The molecular weight excluding hydrogens is 1490 g/mol. The molecule has 0 amide bonds. The number of benzene rings is 16. The van der Waals surface area contributed by atoms with Gasteiger partial charge in [-0.15, -0.1) is 0 Å². The van der Waals surface area contributed by atoms with Gasteiger partial charge in [-0.1, -0.05) is 371 Å². The van der Waals surface area contributed by atoms with Gasteiger partial charge in [0.2, 0.25) is 0 Å². The van der Waals surface area contributed by atoms with Crippen molar-refractivity contribution >= 4 is 102 Å². The van der Waals surface area contributed by atoms with Crippen LogP contribution in [-0.2, 0) is 27.1 Å². The van der Waals surface area contributed by atoms with Crippen LogP contribution in [0.4, 0.5) is 34.1 Å². The average Bonchev–Trinajstić information content (AvgIpc) is 1.11. The molecule has 5 heterocycles. The fourth-order valence-electron chi connectivity index (χ4n) is 19.6. The summed E-state index contributed by atoms with van der Waals surface area (Å²) in [6.45, 7) is 34.3. The summed E-state index contributed by atoms with van der Waals surface area (Å²) >= 11 is 0. The molecule has 0 radical (unpaired) electrons. The minimum absolute atomic E-state index is 0.111. The molecule has 1 aromatic heterocycles. The van der Waals surface area contributed by atoms with Crippen molar-refractivity contribution in [1.29, 1.82) is 0 Å².